The number of furan rings is 1. The van der Waals surface area contributed by atoms with Crippen molar-refractivity contribution in [3.8, 4) is 10.8 Å². The fourth-order valence-corrected chi connectivity index (χ4v) is 1.57. The molecule has 0 aliphatic rings. The molecule has 2 N–H and O–H groups in total. The van der Waals surface area contributed by atoms with Crippen LogP contribution in [0.15, 0.2) is 16.7 Å². The van der Waals surface area contributed by atoms with E-state index in [1.54, 1.807) is 6.26 Å². The summed E-state index contributed by atoms with van der Waals surface area (Å²) in [6.07, 6.45) is 1.63. The van der Waals surface area contributed by atoms with E-state index in [9.17, 15) is 0 Å². The maximum absolute atomic E-state index is 5.38. The summed E-state index contributed by atoms with van der Waals surface area (Å²) in [7, 11) is 0. The van der Waals surface area contributed by atoms with Crippen molar-refractivity contribution in [3.05, 3.63) is 17.9 Å². The molecule has 0 aliphatic heterocycles. The summed E-state index contributed by atoms with van der Waals surface area (Å²) < 4.78 is 9.08. The van der Waals surface area contributed by atoms with E-state index in [1.165, 1.54) is 11.5 Å². The van der Waals surface area contributed by atoms with Crippen LogP contribution in [0.5, 0.6) is 0 Å². The zero-order chi connectivity index (χ0) is 8.55. The zero-order valence-corrected chi connectivity index (χ0v) is 7.26. The monoisotopic (exact) mass is 181 g/mol. The van der Waals surface area contributed by atoms with Gasteiger partial charge < -0.3 is 10.2 Å². The smallest absolute Gasteiger partial charge is 0.232 e. The Morgan fingerprint density at radius 2 is 2.42 bits per heavy atom. The van der Waals surface area contributed by atoms with Gasteiger partial charge in [0.2, 0.25) is 5.95 Å². The van der Waals surface area contributed by atoms with E-state index in [4.69, 9.17) is 10.2 Å². The van der Waals surface area contributed by atoms with E-state index in [0.29, 0.717) is 5.95 Å². The van der Waals surface area contributed by atoms with Crippen molar-refractivity contribution in [2.75, 3.05) is 5.73 Å². The highest BCUT2D eigenvalue weighted by molar-refractivity contribution is 7.09. The van der Waals surface area contributed by atoms with E-state index < -0.39 is 0 Å². The summed E-state index contributed by atoms with van der Waals surface area (Å²) >= 11 is 1.24. The Labute approximate surface area is 73.2 Å². The molecular formula is C7H7N3OS. The predicted molar refractivity (Wildman–Crippen MR) is 46.8 cm³/mol. The Morgan fingerprint density at radius 3 is 2.92 bits per heavy atom. The van der Waals surface area contributed by atoms with Gasteiger partial charge in [-0.3, -0.25) is 0 Å². The largest absolute Gasteiger partial charge is 0.461 e. The van der Waals surface area contributed by atoms with Gasteiger partial charge in [0.1, 0.15) is 0 Å². The highest BCUT2D eigenvalue weighted by atomic mass is 32.1. The molecule has 0 spiro atoms. The van der Waals surface area contributed by atoms with Crippen LogP contribution < -0.4 is 5.73 Å². The molecule has 4 nitrogen and oxygen atoms in total. The third-order valence-electron chi connectivity index (χ3n) is 1.50. The molecule has 0 saturated heterocycles. The molecule has 5 heteroatoms. The second kappa shape index (κ2) is 2.60. The van der Waals surface area contributed by atoms with Gasteiger partial charge in [0.15, 0.2) is 10.8 Å². The zero-order valence-electron chi connectivity index (χ0n) is 6.44. The minimum absolute atomic E-state index is 0.297. The number of hydrogen-bond donors (Lipinski definition) is 1. The first-order chi connectivity index (χ1) is 5.77. The van der Waals surface area contributed by atoms with Crippen LogP contribution in [-0.2, 0) is 0 Å². The molecule has 0 unspecified atom stereocenters. The maximum Gasteiger partial charge on any atom is 0.232 e. The predicted octanol–water partition coefficient (Wildman–Crippen LogP) is 1.69. The lowest BCUT2D eigenvalue weighted by atomic mass is 10.3. The lowest BCUT2D eigenvalue weighted by Crippen LogP contribution is -1.85. The van der Waals surface area contributed by atoms with Crippen molar-refractivity contribution < 1.29 is 4.42 Å². The summed E-state index contributed by atoms with van der Waals surface area (Å²) in [4.78, 5) is 4.01. The first kappa shape index (κ1) is 7.30. The van der Waals surface area contributed by atoms with Gasteiger partial charge in [-0.05, 0) is 30.1 Å². The topological polar surface area (TPSA) is 64.9 Å². The average molecular weight is 181 g/mol. The molecule has 0 atom stereocenters. The van der Waals surface area contributed by atoms with E-state index in [0.717, 1.165) is 16.3 Å². The van der Waals surface area contributed by atoms with Gasteiger partial charge in [0, 0.05) is 0 Å². The standard InChI is InChI=1S/C7H7N3OS/c1-4-2-3-11-5(4)6-9-7(8)10-12-6/h2-3H,1H3,(H2,8,10). The Bertz CT molecular complexity index is 393. The van der Waals surface area contributed by atoms with Gasteiger partial charge in [-0.2, -0.15) is 9.36 Å². The van der Waals surface area contributed by atoms with Crippen LogP contribution in [0, 0.1) is 6.92 Å². The Hall–Kier alpha value is -1.36. The van der Waals surface area contributed by atoms with Crippen LogP contribution in [-0.4, -0.2) is 9.36 Å². The fraction of sp³-hybridized carbons (Fsp3) is 0.143. The van der Waals surface area contributed by atoms with E-state index in [1.807, 2.05) is 13.0 Å². The number of hydrogen-bond acceptors (Lipinski definition) is 5. The number of nitrogens with two attached hydrogens (primary N) is 1. The molecule has 62 valence electrons. The minimum Gasteiger partial charge on any atom is -0.461 e. The molecule has 0 amide bonds. The minimum atomic E-state index is 0.297. The van der Waals surface area contributed by atoms with Crippen molar-refractivity contribution in [3.63, 3.8) is 0 Å². The van der Waals surface area contributed by atoms with Gasteiger partial charge in [0.05, 0.1) is 6.26 Å². The first-order valence-electron chi connectivity index (χ1n) is 3.41. The van der Waals surface area contributed by atoms with E-state index >= 15 is 0 Å². The van der Waals surface area contributed by atoms with Crippen molar-refractivity contribution in [2.24, 2.45) is 0 Å². The lowest BCUT2D eigenvalue weighted by molar-refractivity contribution is 0.580. The van der Waals surface area contributed by atoms with Gasteiger partial charge in [-0.25, -0.2) is 0 Å². The first-order valence-corrected chi connectivity index (χ1v) is 4.18. The van der Waals surface area contributed by atoms with Crippen molar-refractivity contribution in [2.45, 2.75) is 6.92 Å². The van der Waals surface area contributed by atoms with Crippen LogP contribution in [0.3, 0.4) is 0 Å². The SMILES string of the molecule is Cc1ccoc1-c1nc(N)ns1. The molecule has 0 radical (unpaired) electrons. The molecule has 0 bridgehead atoms. The van der Waals surface area contributed by atoms with Crippen LogP contribution >= 0.6 is 11.5 Å². The van der Waals surface area contributed by atoms with Crippen molar-refractivity contribution in [1.82, 2.24) is 9.36 Å². The summed E-state index contributed by atoms with van der Waals surface area (Å²) in [6, 6.07) is 1.88. The van der Waals surface area contributed by atoms with Crippen LogP contribution in [0.2, 0.25) is 0 Å². The highest BCUT2D eigenvalue weighted by Crippen LogP contribution is 2.25. The molecule has 2 aromatic rings. The molecule has 0 aromatic carbocycles. The number of aryl methyl sites for hydroxylation is 1. The third kappa shape index (κ3) is 1.08. The molecule has 2 heterocycles. The van der Waals surface area contributed by atoms with Gasteiger partial charge in [-0.1, -0.05) is 0 Å². The Balaban J connectivity index is 2.50. The molecule has 12 heavy (non-hydrogen) atoms. The van der Waals surface area contributed by atoms with Crippen LogP contribution in [0.4, 0.5) is 5.95 Å². The summed E-state index contributed by atoms with van der Waals surface area (Å²) in [6.45, 7) is 1.95. The molecule has 2 rings (SSSR count). The lowest BCUT2D eigenvalue weighted by Gasteiger charge is -1.88. The van der Waals surface area contributed by atoms with Crippen molar-refractivity contribution >= 4 is 17.5 Å². The van der Waals surface area contributed by atoms with Crippen LogP contribution in [0.25, 0.3) is 10.8 Å². The van der Waals surface area contributed by atoms with Crippen LogP contribution in [0.1, 0.15) is 5.56 Å². The van der Waals surface area contributed by atoms with Gasteiger partial charge in [-0.15, -0.1) is 0 Å². The summed E-state index contributed by atoms with van der Waals surface area (Å²) in [5.74, 6) is 1.05. The number of anilines is 1. The van der Waals surface area contributed by atoms with Gasteiger partial charge in [0.25, 0.3) is 0 Å². The third-order valence-corrected chi connectivity index (χ3v) is 2.23. The summed E-state index contributed by atoms with van der Waals surface area (Å²) in [5, 5.41) is 0.731. The van der Waals surface area contributed by atoms with Crippen molar-refractivity contribution in [1.29, 1.82) is 0 Å². The maximum atomic E-state index is 5.38. The Morgan fingerprint density at radius 1 is 1.58 bits per heavy atom. The normalized spacial score (nSPS) is 10.4. The summed E-state index contributed by atoms with van der Waals surface area (Å²) in [5.41, 5.74) is 6.43. The quantitative estimate of drug-likeness (QED) is 0.727. The number of aromatic nitrogens is 2. The number of nitrogens with zero attached hydrogens (tertiary/aromatic N) is 2. The molecule has 0 fully saturated rings. The van der Waals surface area contributed by atoms with E-state index in [-0.39, 0.29) is 0 Å². The number of nitrogen functional groups attached to an aromatic ring is 1. The van der Waals surface area contributed by atoms with Gasteiger partial charge >= 0.3 is 0 Å². The second-order valence-electron chi connectivity index (χ2n) is 2.39. The number of rotatable bonds is 1. The highest BCUT2D eigenvalue weighted by Gasteiger charge is 2.09. The Kier molecular flexibility index (Phi) is 1.58. The van der Waals surface area contributed by atoms with E-state index in [2.05, 4.69) is 9.36 Å². The average Bonchev–Trinajstić information content (AvgIpc) is 2.58. The molecular weight excluding hydrogens is 174 g/mol. The second-order valence-corrected chi connectivity index (χ2v) is 3.14. The molecule has 2 aromatic heterocycles. The fourth-order valence-electron chi connectivity index (χ4n) is 0.919. The molecule has 0 aliphatic carbocycles. The molecule has 0 saturated carbocycles.